The molecule has 0 saturated carbocycles. The Kier molecular flexibility index (Phi) is 4.46. The molecule has 0 atom stereocenters. The van der Waals surface area contributed by atoms with Gasteiger partial charge in [0.25, 0.3) is 5.91 Å². The molecule has 0 aliphatic rings. The number of hydrogen-bond acceptors (Lipinski definition) is 3. The molecule has 0 bridgehead atoms. The SMILES string of the molecule is C/C(N)=N\C(=O)c1ccc2ncc(Cl)c(-c3ccc(C#N)cc3)c2c1. The number of aromatic nitrogens is 1. The van der Waals surface area contributed by atoms with Gasteiger partial charge in [-0.1, -0.05) is 23.7 Å². The maximum atomic E-state index is 12.2. The number of pyridine rings is 1. The van der Waals surface area contributed by atoms with Gasteiger partial charge in [0.2, 0.25) is 0 Å². The summed E-state index contributed by atoms with van der Waals surface area (Å²) < 4.78 is 0. The Labute approximate surface area is 149 Å². The third-order valence-electron chi connectivity index (χ3n) is 3.65. The average Bonchev–Trinajstić information content (AvgIpc) is 2.60. The molecule has 2 N–H and O–H groups in total. The van der Waals surface area contributed by atoms with Crippen molar-refractivity contribution in [1.29, 1.82) is 5.26 Å². The topological polar surface area (TPSA) is 92.1 Å². The van der Waals surface area contributed by atoms with E-state index < -0.39 is 5.91 Å². The lowest BCUT2D eigenvalue weighted by atomic mass is 9.98. The van der Waals surface area contributed by atoms with E-state index in [0.717, 1.165) is 16.5 Å². The van der Waals surface area contributed by atoms with E-state index in [9.17, 15) is 4.79 Å². The number of carbonyl (C=O) groups excluding carboxylic acids is 1. The van der Waals surface area contributed by atoms with E-state index >= 15 is 0 Å². The van der Waals surface area contributed by atoms with Crippen LogP contribution in [0.5, 0.6) is 0 Å². The first-order chi connectivity index (χ1) is 12.0. The monoisotopic (exact) mass is 348 g/mol. The van der Waals surface area contributed by atoms with Crippen LogP contribution in [0.25, 0.3) is 22.0 Å². The van der Waals surface area contributed by atoms with Crippen molar-refractivity contribution in [2.45, 2.75) is 6.92 Å². The van der Waals surface area contributed by atoms with Crippen LogP contribution in [0.2, 0.25) is 5.02 Å². The van der Waals surface area contributed by atoms with Gasteiger partial charge in [0, 0.05) is 22.7 Å². The highest BCUT2D eigenvalue weighted by atomic mass is 35.5. The number of benzene rings is 2. The van der Waals surface area contributed by atoms with Gasteiger partial charge in [0.05, 0.1) is 22.2 Å². The van der Waals surface area contributed by atoms with Crippen LogP contribution in [-0.2, 0) is 0 Å². The van der Waals surface area contributed by atoms with E-state index in [1.807, 2.05) is 12.1 Å². The first kappa shape index (κ1) is 16.6. The second-order valence-corrected chi connectivity index (χ2v) is 5.87. The molecule has 0 saturated heterocycles. The van der Waals surface area contributed by atoms with Gasteiger partial charge in [-0.3, -0.25) is 9.78 Å². The lowest BCUT2D eigenvalue weighted by molar-refractivity contribution is 0.100. The second kappa shape index (κ2) is 6.71. The van der Waals surface area contributed by atoms with Gasteiger partial charge in [-0.2, -0.15) is 10.3 Å². The van der Waals surface area contributed by atoms with Crippen molar-refractivity contribution >= 4 is 34.2 Å². The lowest BCUT2D eigenvalue weighted by Crippen LogP contribution is -2.09. The zero-order chi connectivity index (χ0) is 18.0. The predicted molar refractivity (Wildman–Crippen MR) is 98.5 cm³/mol. The number of hydrogen-bond donors (Lipinski definition) is 1. The van der Waals surface area contributed by atoms with Gasteiger partial charge in [-0.05, 0) is 42.8 Å². The fraction of sp³-hybridized carbons (Fsp3) is 0.0526. The summed E-state index contributed by atoms with van der Waals surface area (Å²) in [6.07, 6.45) is 1.57. The van der Waals surface area contributed by atoms with Crippen molar-refractivity contribution in [1.82, 2.24) is 4.98 Å². The number of nitriles is 1. The molecule has 3 aromatic rings. The highest BCUT2D eigenvalue weighted by Crippen LogP contribution is 2.34. The molecule has 1 aromatic heterocycles. The lowest BCUT2D eigenvalue weighted by Gasteiger charge is -2.10. The highest BCUT2D eigenvalue weighted by Gasteiger charge is 2.13. The van der Waals surface area contributed by atoms with Gasteiger partial charge in [-0.15, -0.1) is 0 Å². The van der Waals surface area contributed by atoms with E-state index in [1.165, 1.54) is 0 Å². The van der Waals surface area contributed by atoms with Crippen LogP contribution in [0.1, 0.15) is 22.8 Å². The van der Waals surface area contributed by atoms with Crippen LogP contribution in [0.15, 0.2) is 53.7 Å². The van der Waals surface area contributed by atoms with Gasteiger partial charge in [0.1, 0.15) is 5.84 Å². The molecule has 122 valence electrons. The Morgan fingerprint density at radius 1 is 1.24 bits per heavy atom. The molecule has 6 heteroatoms. The average molecular weight is 349 g/mol. The smallest absolute Gasteiger partial charge is 0.278 e. The molecular formula is C19H13ClN4O. The largest absolute Gasteiger partial charge is 0.387 e. The molecule has 2 aromatic carbocycles. The molecule has 0 radical (unpaired) electrons. The summed E-state index contributed by atoms with van der Waals surface area (Å²) in [5, 5.41) is 10.1. The number of nitrogens with two attached hydrogens (primary N) is 1. The van der Waals surface area contributed by atoms with Crippen molar-refractivity contribution in [3.05, 3.63) is 64.8 Å². The Morgan fingerprint density at radius 2 is 1.96 bits per heavy atom. The third-order valence-corrected chi connectivity index (χ3v) is 3.94. The molecule has 0 aliphatic heterocycles. The van der Waals surface area contributed by atoms with Crippen molar-refractivity contribution in [2.24, 2.45) is 10.7 Å². The van der Waals surface area contributed by atoms with Crippen molar-refractivity contribution < 1.29 is 4.79 Å². The van der Waals surface area contributed by atoms with Crippen LogP contribution in [0.4, 0.5) is 0 Å². The number of aliphatic imine (C=N–C) groups is 1. The first-order valence-electron chi connectivity index (χ1n) is 7.43. The second-order valence-electron chi connectivity index (χ2n) is 5.46. The van der Waals surface area contributed by atoms with Crippen LogP contribution >= 0.6 is 11.6 Å². The predicted octanol–water partition coefficient (Wildman–Crippen LogP) is 3.94. The van der Waals surface area contributed by atoms with Crippen LogP contribution < -0.4 is 5.73 Å². The summed E-state index contributed by atoms with van der Waals surface area (Å²) in [5.41, 5.74) is 8.73. The van der Waals surface area contributed by atoms with Crippen LogP contribution in [0, 0.1) is 11.3 Å². The Hall–Kier alpha value is -3.23. The molecule has 3 rings (SSSR count). The summed E-state index contributed by atoms with van der Waals surface area (Å²) in [5.74, 6) is -0.228. The molecule has 0 spiro atoms. The van der Waals surface area contributed by atoms with Gasteiger partial charge < -0.3 is 5.73 Å². The van der Waals surface area contributed by atoms with Crippen molar-refractivity contribution in [3.8, 4) is 17.2 Å². The quantitative estimate of drug-likeness (QED) is 0.560. The van der Waals surface area contributed by atoms with Gasteiger partial charge in [-0.25, -0.2) is 0 Å². The fourth-order valence-corrected chi connectivity index (χ4v) is 2.79. The molecule has 1 amide bonds. The standard InChI is InChI=1S/C19H13ClN4O/c1-11(22)24-19(25)14-6-7-17-15(8-14)18(16(20)10-23-17)13-4-2-12(9-21)3-5-13/h2-8,10H,1H3,(H2,22,24,25). The first-order valence-corrected chi connectivity index (χ1v) is 7.81. The van der Waals surface area contributed by atoms with E-state index in [1.54, 1.807) is 43.5 Å². The molecule has 1 heterocycles. The number of fused-ring (bicyclic) bond motifs is 1. The van der Waals surface area contributed by atoms with E-state index in [2.05, 4.69) is 16.0 Å². The summed E-state index contributed by atoms with van der Waals surface area (Å²) in [6, 6.07) is 14.3. The highest BCUT2D eigenvalue weighted by molar-refractivity contribution is 6.34. The normalized spacial score (nSPS) is 11.3. The number of amidine groups is 1. The summed E-state index contributed by atoms with van der Waals surface area (Å²) in [6.45, 7) is 1.56. The van der Waals surface area contributed by atoms with Gasteiger partial charge in [0.15, 0.2) is 0 Å². The van der Waals surface area contributed by atoms with Crippen LogP contribution in [0.3, 0.4) is 0 Å². The number of carbonyl (C=O) groups is 1. The fourth-order valence-electron chi connectivity index (χ4n) is 2.53. The zero-order valence-corrected chi connectivity index (χ0v) is 14.1. The Morgan fingerprint density at radius 3 is 2.60 bits per heavy atom. The maximum absolute atomic E-state index is 12.2. The minimum absolute atomic E-state index is 0.196. The van der Waals surface area contributed by atoms with Crippen molar-refractivity contribution in [3.63, 3.8) is 0 Å². The minimum atomic E-state index is -0.423. The molecule has 5 nitrogen and oxygen atoms in total. The molecule has 25 heavy (non-hydrogen) atoms. The minimum Gasteiger partial charge on any atom is -0.387 e. The molecule has 0 fully saturated rings. The van der Waals surface area contributed by atoms with E-state index in [0.29, 0.717) is 21.7 Å². The molecule has 0 aliphatic carbocycles. The maximum Gasteiger partial charge on any atom is 0.278 e. The number of rotatable bonds is 2. The summed E-state index contributed by atoms with van der Waals surface area (Å²) >= 11 is 6.37. The van der Waals surface area contributed by atoms with Gasteiger partial charge >= 0.3 is 0 Å². The number of nitrogens with zero attached hydrogens (tertiary/aromatic N) is 3. The van der Waals surface area contributed by atoms with Crippen LogP contribution in [-0.4, -0.2) is 16.7 Å². The third kappa shape index (κ3) is 3.35. The van der Waals surface area contributed by atoms with E-state index in [4.69, 9.17) is 22.6 Å². The number of halogens is 1. The number of amides is 1. The zero-order valence-electron chi connectivity index (χ0n) is 13.3. The Bertz CT molecular complexity index is 1050. The van der Waals surface area contributed by atoms with Crippen molar-refractivity contribution in [2.75, 3.05) is 0 Å². The summed E-state index contributed by atoms with van der Waals surface area (Å²) in [7, 11) is 0. The molecule has 0 unspecified atom stereocenters. The molecular weight excluding hydrogens is 336 g/mol. The summed E-state index contributed by atoms with van der Waals surface area (Å²) in [4.78, 5) is 20.2. The van der Waals surface area contributed by atoms with E-state index in [-0.39, 0.29) is 5.84 Å². The Balaban J connectivity index is 2.22.